The molecule has 0 saturated heterocycles. The van der Waals surface area contributed by atoms with Crippen LogP contribution in [0, 0.1) is 6.92 Å². The van der Waals surface area contributed by atoms with E-state index in [2.05, 4.69) is 20.6 Å². The maximum atomic E-state index is 11.6. The van der Waals surface area contributed by atoms with Crippen LogP contribution < -0.4 is 16.4 Å². The molecule has 3 amide bonds. The average Bonchev–Trinajstić information content (AvgIpc) is 2.27. The molecule has 1 atom stereocenters. The van der Waals surface area contributed by atoms with Gasteiger partial charge in [-0.1, -0.05) is 11.8 Å². The zero-order valence-corrected chi connectivity index (χ0v) is 11.2. The van der Waals surface area contributed by atoms with Crippen molar-refractivity contribution in [3.05, 3.63) is 11.8 Å². The molecule has 0 saturated carbocycles. The molecular weight excluding hydrogens is 254 g/mol. The maximum Gasteiger partial charge on any atom is 0.321 e. The van der Waals surface area contributed by atoms with Gasteiger partial charge in [-0.25, -0.2) is 14.8 Å². The van der Waals surface area contributed by atoms with Gasteiger partial charge in [-0.3, -0.25) is 10.1 Å². The van der Waals surface area contributed by atoms with Crippen LogP contribution in [0.3, 0.4) is 0 Å². The van der Waals surface area contributed by atoms with Crippen molar-refractivity contribution in [3.63, 3.8) is 0 Å². The lowest BCUT2D eigenvalue weighted by molar-refractivity contribution is -0.119. The minimum absolute atomic E-state index is 0.351. The second-order valence-electron chi connectivity index (χ2n) is 3.55. The lowest BCUT2D eigenvalue weighted by Gasteiger charge is -2.10. The summed E-state index contributed by atoms with van der Waals surface area (Å²) in [6, 6.07) is 1.09. The van der Waals surface area contributed by atoms with E-state index in [9.17, 15) is 9.59 Å². The number of nitrogens with zero attached hydrogens (tertiary/aromatic N) is 2. The monoisotopic (exact) mass is 269 g/mol. The minimum Gasteiger partial charge on any atom is -0.384 e. The van der Waals surface area contributed by atoms with Crippen molar-refractivity contribution in [1.29, 1.82) is 0 Å². The number of amides is 3. The Morgan fingerprint density at radius 1 is 1.44 bits per heavy atom. The molecular formula is C10H15N5O2S. The normalized spacial score (nSPS) is 11.7. The SMILES string of the molecule is CNC(=O)NC(=O)C(C)Sc1nc(C)cc(N)n1. The second kappa shape index (κ2) is 6.20. The first-order chi connectivity index (χ1) is 8.42. The third kappa shape index (κ3) is 4.21. The number of imide groups is 1. The minimum atomic E-state index is -0.544. The molecule has 1 unspecified atom stereocenters. The van der Waals surface area contributed by atoms with E-state index in [0.717, 1.165) is 17.5 Å². The largest absolute Gasteiger partial charge is 0.384 e. The van der Waals surface area contributed by atoms with Crippen molar-refractivity contribution in [1.82, 2.24) is 20.6 Å². The average molecular weight is 269 g/mol. The van der Waals surface area contributed by atoms with Gasteiger partial charge in [0.1, 0.15) is 5.82 Å². The van der Waals surface area contributed by atoms with Gasteiger partial charge < -0.3 is 11.1 Å². The summed E-state index contributed by atoms with van der Waals surface area (Å²) in [5.41, 5.74) is 6.31. The number of nitrogens with two attached hydrogens (primary N) is 1. The molecule has 98 valence electrons. The molecule has 1 rings (SSSR count). The lowest BCUT2D eigenvalue weighted by atomic mass is 10.4. The lowest BCUT2D eigenvalue weighted by Crippen LogP contribution is -2.41. The first-order valence-corrected chi connectivity index (χ1v) is 6.10. The van der Waals surface area contributed by atoms with Gasteiger partial charge >= 0.3 is 6.03 Å². The highest BCUT2D eigenvalue weighted by molar-refractivity contribution is 8.00. The van der Waals surface area contributed by atoms with Crippen molar-refractivity contribution >= 4 is 29.5 Å². The number of urea groups is 1. The third-order valence-corrected chi connectivity index (χ3v) is 2.93. The van der Waals surface area contributed by atoms with E-state index in [1.54, 1.807) is 19.9 Å². The van der Waals surface area contributed by atoms with Crippen LogP contribution in [0.5, 0.6) is 0 Å². The smallest absolute Gasteiger partial charge is 0.321 e. The molecule has 0 fully saturated rings. The Bertz CT molecular complexity index is 445. The number of thioether (sulfide) groups is 1. The summed E-state index contributed by atoms with van der Waals surface area (Å²) in [4.78, 5) is 30.7. The van der Waals surface area contributed by atoms with Crippen molar-refractivity contribution in [2.45, 2.75) is 24.3 Å². The summed E-state index contributed by atoms with van der Waals surface area (Å²) in [7, 11) is 1.44. The molecule has 7 nitrogen and oxygen atoms in total. The van der Waals surface area contributed by atoms with Crippen molar-refractivity contribution in [2.75, 3.05) is 12.8 Å². The van der Waals surface area contributed by atoms with Crippen molar-refractivity contribution < 1.29 is 9.59 Å². The van der Waals surface area contributed by atoms with Gasteiger partial charge in [-0.05, 0) is 13.8 Å². The van der Waals surface area contributed by atoms with E-state index in [-0.39, 0.29) is 0 Å². The number of nitrogens with one attached hydrogen (secondary N) is 2. The number of carbonyl (C=O) groups is 2. The van der Waals surface area contributed by atoms with Gasteiger partial charge in [0.15, 0.2) is 5.16 Å². The molecule has 18 heavy (non-hydrogen) atoms. The fourth-order valence-corrected chi connectivity index (χ4v) is 1.94. The van der Waals surface area contributed by atoms with Gasteiger partial charge in [0.25, 0.3) is 0 Å². The van der Waals surface area contributed by atoms with Crippen LogP contribution in [0.15, 0.2) is 11.2 Å². The molecule has 0 aliphatic heterocycles. The number of carbonyl (C=O) groups excluding carboxylic acids is 2. The molecule has 1 aromatic heterocycles. The Kier molecular flexibility index (Phi) is 4.90. The van der Waals surface area contributed by atoms with Crippen LogP contribution in [0.25, 0.3) is 0 Å². The molecule has 4 N–H and O–H groups in total. The van der Waals surface area contributed by atoms with Crippen molar-refractivity contribution in [2.24, 2.45) is 0 Å². The number of hydrogen-bond donors (Lipinski definition) is 3. The quantitative estimate of drug-likeness (QED) is 0.538. The van der Waals surface area contributed by atoms with Gasteiger partial charge in [-0.15, -0.1) is 0 Å². The van der Waals surface area contributed by atoms with E-state index in [0.29, 0.717) is 11.0 Å². The highest BCUT2D eigenvalue weighted by Crippen LogP contribution is 2.20. The van der Waals surface area contributed by atoms with Crippen LogP contribution in [0.2, 0.25) is 0 Å². The van der Waals surface area contributed by atoms with E-state index < -0.39 is 17.2 Å². The maximum absolute atomic E-state index is 11.6. The third-order valence-electron chi connectivity index (χ3n) is 1.97. The molecule has 8 heteroatoms. The highest BCUT2D eigenvalue weighted by atomic mass is 32.2. The van der Waals surface area contributed by atoms with Crippen LogP contribution in [0.4, 0.5) is 10.6 Å². The Morgan fingerprint density at radius 3 is 2.67 bits per heavy atom. The number of anilines is 1. The first kappa shape index (κ1) is 14.2. The molecule has 0 aromatic carbocycles. The molecule has 0 bridgehead atoms. The fourth-order valence-electron chi connectivity index (χ4n) is 1.11. The van der Waals surface area contributed by atoms with Crippen LogP contribution in [-0.4, -0.2) is 34.2 Å². The van der Waals surface area contributed by atoms with E-state index >= 15 is 0 Å². The van der Waals surface area contributed by atoms with Gasteiger partial charge in [0.2, 0.25) is 5.91 Å². The Morgan fingerprint density at radius 2 is 2.11 bits per heavy atom. The predicted molar refractivity (Wildman–Crippen MR) is 69.1 cm³/mol. The summed E-state index contributed by atoms with van der Waals surface area (Å²) in [5, 5.41) is 4.40. The molecule has 0 aliphatic rings. The highest BCUT2D eigenvalue weighted by Gasteiger charge is 2.18. The number of aromatic nitrogens is 2. The standard InChI is InChI=1S/C10H15N5O2S/c1-5-4-7(11)14-10(13-5)18-6(2)8(16)15-9(17)12-3/h4,6H,1-3H3,(H2,11,13,14)(H2,12,15,16,17). The van der Waals surface area contributed by atoms with Gasteiger partial charge in [0, 0.05) is 18.8 Å². The topological polar surface area (TPSA) is 110 Å². The summed E-state index contributed by atoms with van der Waals surface area (Å²) in [5.74, 6) is -0.0630. The molecule has 0 spiro atoms. The fraction of sp³-hybridized carbons (Fsp3) is 0.400. The Labute approximate surface area is 109 Å². The Hall–Kier alpha value is -1.83. The van der Waals surface area contributed by atoms with E-state index in [1.165, 1.54) is 7.05 Å². The first-order valence-electron chi connectivity index (χ1n) is 5.22. The number of aryl methyl sites for hydroxylation is 1. The van der Waals surface area contributed by atoms with Crippen LogP contribution in [0.1, 0.15) is 12.6 Å². The van der Waals surface area contributed by atoms with Crippen molar-refractivity contribution in [3.8, 4) is 0 Å². The van der Waals surface area contributed by atoms with Crippen LogP contribution >= 0.6 is 11.8 Å². The molecule has 1 heterocycles. The number of nitrogen functional groups attached to an aromatic ring is 1. The zero-order valence-electron chi connectivity index (χ0n) is 10.4. The summed E-state index contributed by atoms with van der Waals surface area (Å²) in [6.45, 7) is 3.45. The number of rotatable bonds is 3. The number of hydrogen-bond acceptors (Lipinski definition) is 6. The second-order valence-corrected chi connectivity index (χ2v) is 4.85. The van der Waals surface area contributed by atoms with E-state index in [4.69, 9.17) is 5.73 Å². The van der Waals surface area contributed by atoms with Crippen LogP contribution in [-0.2, 0) is 4.79 Å². The van der Waals surface area contributed by atoms with E-state index in [1.807, 2.05) is 0 Å². The Balaban J connectivity index is 2.66. The zero-order chi connectivity index (χ0) is 13.7. The molecule has 0 aliphatic carbocycles. The van der Waals surface area contributed by atoms with Gasteiger partial charge in [0.05, 0.1) is 5.25 Å². The molecule has 1 aromatic rings. The summed E-state index contributed by atoms with van der Waals surface area (Å²) < 4.78 is 0. The summed E-state index contributed by atoms with van der Waals surface area (Å²) in [6.07, 6.45) is 0. The predicted octanol–water partition coefficient (Wildman–Crippen LogP) is 0.303. The van der Waals surface area contributed by atoms with Gasteiger partial charge in [-0.2, -0.15) is 0 Å². The molecule has 0 radical (unpaired) electrons. The summed E-state index contributed by atoms with van der Waals surface area (Å²) >= 11 is 1.14.